The standard InChI is InChI=1S/6C4H7NS2.Mo.6OS/c6*1-2-3-5-4(6)7;;6*1-2/h6*2H,1,3H2,(H2,5,6,7);;;;;;;/q;;;;;;+6;;;;;;/p-6. The molecule has 0 fully saturated rings. The first kappa shape index (κ1) is 90.9. The van der Waals surface area contributed by atoms with Crippen LogP contribution in [0.2, 0.25) is 0 Å². The van der Waals surface area contributed by atoms with Gasteiger partial charge in [-0.25, -0.2) is 0 Å². The second-order valence-electron chi connectivity index (χ2n) is 5.74. The molecule has 0 heterocycles. The molecule has 31 heteroatoms. The maximum absolute atomic E-state index is 7.83. The summed E-state index contributed by atoms with van der Waals surface area (Å²) < 4.78 is 49.4. The van der Waals surface area contributed by atoms with Gasteiger partial charge in [-0.1, -0.05) is 62.4 Å². The molecule has 0 unspecified atom stereocenters. The van der Waals surface area contributed by atoms with E-state index in [9.17, 15) is 0 Å². The Morgan fingerprint density at radius 2 is 0.382 bits per heavy atom. The fourth-order valence-corrected chi connectivity index (χ4v) is 1.93. The largest absolute Gasteiger partial charge is 6.00 e. The Kier molecular flexibility index (Phi) is 193. The van der Waals surface area contributed by atoms with E-state index in [1.165, 1.54) is 0 Å². The van der Waals surface area contributed by atoms with Crippen LogP contribution in [0.5, 0.6) is 0 Å². The third-order valence-corrected chi connectivity index (χ3v) is 4.08. The molecule has 0 saturated carbocycles. The van der Waals surface area contributed by atoms with Crippen LogP contribution in [0.1, 0.15) is 0 Å². The topological polar surface area (TPSA) is 175 Å². The van der Waals surface area contributed by atoms with E-state index in [-0.39, 0.29) is 21.1 Å². The van der Waals surface area contributed by atoms with E-state index >= 15 is 0 Å². The van der Waals surface area contributed by atoms with Crippen molar-refractivity contribution < 1.29 is 46.3 Å². The molecular weight excluding hydrogens is 1140 g/mol. The summed E-state index contributed by atoms with van der Waals surface area (Å²) in [5.41, 5.74) is 0. The maximum atomic E-state index is 7.83. The molecule has 0 rings (SSSR count). The Bertz CT molecular complexity index is 768. The van der Waals surface area contributed by atoms with Crippen molar-refractivity contribution in [2.24, 2.45) is 0 Å². The Morgan fingerprint density at radius 3 is 0.400 bits per heavy atom. The van der Waals surface area contributed by atoms with Crippen molar-refractivity contribution >= 4 is 250 Å². The van der Waals surface area contributed by atoms with E-state index in [1.54, 1.807) is 36.5 Å². The molecule has 0 aliphatic carbocycles. The van der Waals surface area contributed by atoms with E-state index < -0.39 is 0 Å². The normalized spacial score (nSPS) is 6.11. The van der Waals surface area contributed by atoms with Crippen LogP contribution >= 0.6 is 73.3 Å². The maximum Gasteiger partial charge on any atom is 6.00 e. The van der Waals surface area contributed by atoms with Gasteiger partial charge in [0.1, 0.15) is 0 Å². The Labute approximate surface area is 437 Å². The van der Waals surface area contributed by atoms with Crippen molar-refractivity contribution in [2.45, 2.75) is 0 Å². The van der Waals surface area contributed by atoms with Crippen LogP contribution in [0.25, 0.3) is 0 Å². The van der Waals surface area contributed by atoms with Gasteiger partial charge in [-0.3, -0.25) is 0 Å². The molecule has 6 N–H and O–H groups in total. The van der Waals surface area contributed by atoms with Crippen LogP contribution < -0.4 is 31.9 Å². The van der Waals surface area contributed by atoms with Gasteiger partial charge in [-0.15, -0.1) is 39.5 Å². The second kappa shape index (κ2) is 117. The first-order valence-electron chi connectivity index (χ1n) is 12.0. The SMILES string of the molecule is C=CCNC(=S)[S-].C=CCNC(=S)[S-].C=CCNC(=S)[S-].C=CCNC(=S)[S-].C=CCNC(=S)[S-].C=CCNC(=S)[S-].O=S.O=S.O=S.O=S.O=S.O=S.[Mo+6]. The Morgan fingerprint density at radius 1 is 0.309 bits per heavy atom. The number of nitrogens with one attached hydrogen (secondary N) is 6. The summed E-state index contributed by atoms with van der Waals surface area (Å²) in [6.07, 6.45) is 10.2. The minimum absolute atomic E-state index is 0. The van der Waals surface area contributed by atoms with E-state index in [0.29, 0.717) is 65.2 Å². The van der Waals surface area contributed by atoms with E-state index in [0.717, 1.165) is 0 Å². The summed E-state index contributed by atoms with van der Waals surface area (Å²) in [6.45, 7) is 24.8. The van der Waals surface area contributed by atoms with Crippen molar-refractivity contribution in [2.75, 3.05) is 39.3 Å². The summed E-state index contributed by atoms with van der Waals surface area (Å²) in [5, 5.41) is 16.3. The molecule has 312 valence electrons. The average molecular weight is 1180 g/mol. The molecule has 0 aromatic rings. The van der Waals surface area contributed by atoms with Gasteiger partial charge in [0.2, 0.25) is 0 Å². The summed E-state index contributed by atoms with van der Waals surface area (Å²) in [5.74, 6) is 0. The zero-order valence-electron chi connectivity index (χ0n) is 28.2. The number of thiocarbonyl (C=S) groups is 6. The van der Waals surface area contributed by atoms with Crippen LogP contribution in [-0.4, -0.2) is 90.4 Å². The second-order valence-corrected chi connectivity index (χ2v) is 12.2. The number of rotatable bonds is 12. The third kappa shape index (κ3) is 254. The van der Waals surface area contributed by atoms with Crippen LogP contribution in [-0.2, 0) is 172 Å². The van der Waals surface area contributed by atoms with Crippen molar-refractivity contribution in [3.63, 3.8) is 0 Å². The van der Waals surface area contributed by atoms with Gasteiger partial charge in [-0.2, -0.15) is 25.3 Å². The summed E-state index contributed by atoms with van der Waals surface area (Å²) >= 11 is 71.2. The van der Waals surface area contributed by atoms with Gasteiger partial charge in [0, 0.05) is 39.3 Å². The fraction of sp³-hybridized carbons (Fsp3) is 0.250. The van der Waals surface area contributed by atoms with E-state index in [2.05, 4.69) is 296 Å². The number of hydrogen-bond donors (Lipinski definition) is 6. The molecule has 0 aromatic carbocycles. The van der Waals surface area contributed by atoms with Gasteiger partial charge < -0.3 is 181 Å². The molecule has 55 heavy (non-hydrogen) atoms. The molecule has 12 nitrogen and oxygen atoms in total. The predicted octanol–water partition coefficient (Wildman–Crippen LogP) is 1.54. The predicted molar refractivity (Wildman–Crippen MR) is 278 cm³/mol. The first-order valence-corrected chi connectivity index (χ1v) is 18.9. The monoisotopic (exact) mass is 1180 g/mol. The van der Waals surface area contributed by atoms with Gasteiger partial charge in [0.25, 0.3) is 0 Å². The van der Waals surface area contributed by atoms with Crippen molar-refractivity contribution in [1.29, 1.82) is 0 Å². The molecular formula is C24H36MoN6O6S18. The molecule has 0 radical (unpaired) electrons. The van der Waals surface area contributed by atoms with Crippen LogP contribution in [0.4, 0.5) is 0 Å². The number of hydrogen-bond acceptors (Lipinski definition) is 24. The fourth-order valence-electron chi connectivity index (χ4n) is 0.933. The zero-order chi connectivity index (χ0) is 46.2. The molecule has 0 amide bonds. The molecule has 0 atom stereocenters. The van der Waals surface area contributed by atoms with E-state index in [1.807, 2.05) is 0 Å². The minimum Gasteiger partial charge on any atom is -0.412 e. The molecule has 0 aromatic heterocycles. The Hall–Kier alpha value is -0.0917. The third-order valence-electron chi connectivity index (χ3n) is 2.34. The first-order chi connectivity index (χ1) is 25.6. The average Bonchev–Trinajstić information content (AvgIpc) is 3.18. The summed E-state index contributed by atoms with van der Waals surface area (Å²) in [7, 11) is 0. The molecule has 0 spiro atoms. The Balaban J connectivity index is -0.0000000330. The molecule has 0 aliphatic heterocycles. The van der Waals surface area contributed by atoms with Gasteiger partial charge >= 0.3 is 21.1 Å². The minimum atomic E-state index is 0. The van der Waals surface area contributed by atoms with Crippen LogP contribution in [0.3, 0.4) is 0 Å². The molecule has 0 saturated heterocycles. The van der Waals surface area contributed by atoms with Gasteiger partial charge in [0.05, 0.1) is 0 Å². The summed E-state index contributed by atoms with van der Waals surface area (Å²) in [4.78, 5) is 0. The van der Waals surface area contributed by atoms with Crippen molar-refractivity contribution in [3.05, 3.63) is 75.9 Å². The van der Waals surface area contributed by atoms with E-state index in [4.69, 9.17) is 25.3 Å². The molecule has 0 aliphatic rings. The van der Waals surface area contributed by atoms with Crippen molar-refractivity contribution in [3.8, 4) is 0 Å². The van der Waals surface area contributed by atoms with Gasteiger partial charge in [0.15, 0.2) is 75.2 Å². The zero-order valence-corrected chi connectivity index (χ0v) is 44.9. The van der Waals surface area contributed by atoms with Crippen molar-refractivity contribution in [1.82, 2.24) is 31.9 Å². The van der Waals surface area contributed by atoms with Crippen LogP contribution in [0, 0.1) is 0 Å². The summed E-state index contributed by atoms with van der Waals surface area (Å²) in [6, 6.07) is 0. The van der Waals surface area contributed by atoms with Crippen LogP contribution in [0.15, 0.2) is 75.9 Å². The quantitative estimate of drug-likeness (QED) is 0.0719. The smallest absolute Gasteiger partial charge is 0.412 e. The molecule has 0 bridgehead atoms. The van der Waals surface area contributed by atoms with Gasteiger partial charge in [-0.05, 0) is 0 Å².